The number of piperidine rings is 1. The van der Waals surface area contributed by atoms with Crippen molar-refractivity contribution >= 4 is 16.8 Å². The van der Waals surface area contributed by atoms with Crippen molar-refractivity contribution in [1.29, 1.82) is 0 Å². The van der Waals surface area contributed by atoms with Gasteiger partial charge in [0, 0.05) is 49.2 Å². The molecule has 2 aromatic heterocycles. The largest absolute Gasteiger partial charge is 0.497 e. The Morgan fingerprint density at radius 2 is 2.04 bits per heavy atom. The molecule has 1 aliphatic heterocycles. The molecule has 1 fully saturated rings. The Morgan fingerprint density at radius 1 is 1.24 bits per heavy atom. The monoisotopic (exact) mass is 338 g/mol. The van der Waals surface area contributed by atoms with Gasteiger partial charge in [0.25, 0.3) is 5.91 Å². The Hall–Kier alpha value is -2.76. The third kappa shape index (κ3) is 2.99. The zero-order valence-electron chi connectivity index (χ0n) is 14.5. The number of hydrogen-bond donors (Lipinski definition) is 1. The number of amides is 1. The number of benzene rings is 1. The number of nitrogens with one attached hydrogen (secondary N) is 1. The average Bonchev–Trinajstić information content (AvgIpc) is 3.26. The van der Waals surface area contributed by atoms with Crippen molar-refractivity contribution in [2.75, 3.05) is 20.2 Å². The number of fused-ring (bicyclic) bond motifs is 1. The summed E-state index contributed by atoms with van der Waals surface area (Å²) in [6.45, 7) is 1.53. The topological polar surface area (TPSA) is 63.1 Å². The van der Waals surface area contributed by atoms with Crippen LogP contribution in [0.4, 0.5) is 0 Å². The SMILES string of the molecule is COc1ccc2cc(C(=O)N3CCC(c4ccn(C)n4)CC3)[nH]c2c1. The summed E-state index contributed by atoms with van der Waals surface area (Å²) in [7, 11) is 3.58. The fraction of sp³-hybridized carbons (Fsp3) is 0.368. The molecule has 1 amide bonds. The Balaban J connectivity index is 1.46. The summed E-state index contributed by atoms with van der Waals surface area (Å²) in [5.74, 6) is 1.29. The van der Waals surface area contributed by atoms with Crippen LogP contribution in [-0.2, 0) is 7.05 Å². The van der Waals surface area contributed by atoms with Gasteiger partial charge < -0.3 is 14.6 Å². The van der Waals surface area contributed by atoms with E-state index in [1.165, 1.54) is 0 Å². The lowest BCUT2D eigenvalue weighted by molar-refractivity contribution is 0.0707. The van der Waals surface area contributed by atoms with E-state index in [4.69, 9.17) is 4.74 Å². The number of hydrogen-bond acceptors (Lipinski definition) is 3. The molecule has 1 N–H and O–H groups in total. The minimum atomic E-state index is 0.0645. The molecule has 0 spiro atoms. The summed E-state index contributed by atoms with van der Waals surface area (Å²) in [5.41, 5.74) is 2.69. The third-order valence-corrected chi connectivity index (χ3v) is 4.99. The first kappa shape index (κ1) is 15.7. The van der Waals surface area contributed by atoms with Gasteiger partial charge in [-0.1, -0.05) is 0 Å². The molecule has 1 aromatic carbocycles. The van der Waals surface area contributed by atoms with Crippen LogP contribution in [0.1, 0.15) is 34.9 Å². The molecule has 1 saturated heterocycles. The molecule has 3 heterocycles. The zero-order chi connectivity index (χ0) is 17.4. The lowest BCUT2D eigenvalue weighted by Crippen LogP contribution is -2.38. The van der Waals surface area contributed by atoms with Gasteiger partial charge in [-0.2, -0.15) is 5.10 Å². The van der Waals surface area contributed by atoms with E-state index in [0.717, 1.165) is 48.3 Å². The van der Waals surface area contributed by atoms with Crippen molar-refractivity contribution in [1.82, 2.24) is 19.7 Å². The first-order valence-electron chi connectivity index (χ1n) is 8.59. The molecule has 4 rings (SSSR count). The van der Waals surface area contributed by atoms with Gasteiger partial charge >= 0.3 is 0 Å². The molecule has 25 heavy (non-hydrogen) atoms. The van der Waals surface area contributed by atoms with Gasteiger partial charge in [0.05, 0.1) is 12.8 Å². The van der Waals surface area contributed by atoms with Crippen LogP contribution in [0.25, 0.3) is 10.9 Å². The van der Waals surface area contributed by atoms with Gasteiger partial charge in [0.15, 0.2) is 0 Å². The molecule has 0 unspecified atom stereocenters. The smallest absolute Gasteiger partial charge is 0.270 e. The number of aryl methyl sites for hydroxylation is 1. The van der Waals surface area contributed by atoms with Gasteiger partial charge in [-0.25, -0.2) is 0 Å². The summed E-state index contributed by atoms with van der Waals surface area (Å²) < 4.78 is 7.08. The molecule has 130 valence electrons. The van der Waals surface area contributed by atoms with E-state index in [9.17, 15) is 4.79 Å². The van der Waals surface area contributed by atoms with Gasteiger partial charge in [-0.15, -0.1) is 0 Å². The van der Waals surface area contributed by atoms with Crippen molar-refractivity contribution in [3.63, 3.8) is 0 Å². The van der Waals surface area contributed by atoms with E-state index >= 15 is 0 Å². The second-order valence-corrected chi connectivity index (χ2v) is 6.62. The van der Waals surface area contributed by atoms with Crippen molar-refractivity contribution in [3.8, 4) is 5.75 Å². The third-order valence-electron chi connectivity index (χ3n) is 4.99. The van der Waals surface area contributed by atoms with Gasteiger partial charge in [-0.05, 0) is 37.1 Å². The number of carbonyl (C=O) groups excluding carboxylic acids is 1. The second-order valence-electron chi connectivity index (χ2n) is 6.62. The van der Waals surface area contributed by atoms with Crippen LogP contribution in [0.2, 0.25) is 0 Å². The Labute approximate surface area is 146 Å². The van der Waals surface area contributed by atoms with Crippen molar-refractivity contribution < 1.29 is 9.53 Å². The highest BCUT2D eigenvalue weighted by Crippen LogP contribution is 2.28. The van der Waals surface area contributed by atoms with E-state index in [1.54, 1.807) is 7.11 Å². The highest BCUT2D eigenvalue weighted by atomic mass is 16.5. The van der Waals surface area contributed by atoms with Crippen LogP contribution < -0.4 is 4.74 Å². The Bertz CT molecular complexity index is 903. The predicted molar refractivity (Wildman–Crippen MR) is 95.9 cm³/mol. The van der Waals surface area contributed by atoms with E-state index in [1.807, 2.05) is 47.1 Å². The maximum Gasteiger partial charge on any atom is 0.270 e. The second kappa shape index (κ2) is 6.27. The van der Waals surface area contributed by atoms with E-state index in [2.05, 4.69) is 16.1 Å². The van der Waals surface area contributed by atoms with Crippen molar-refractivity contribution in [2.45, 2.75) is 18.8 Å². The standard InChI is InChI=1S/C19H22N4O2/c1-22-8-7-16(21-22)13-5-9-23(10-6-13)19(24)18-11-14-3-4-15(25-2)12-17(14)20-18/h3-4,7-8,11-13,20H,5-6,9-10H2,1-2H3. The summed E-state index contributed by atoms with van der Waals surface area (Å²) >= 11 is 0. The number of H-pyrrole nitrogens is 1. The molecule has 3 aromatic rings. The lowest BCUT2D eigenvalue weighted by Gasteiger charge is -2.31. The number of aromatic amines is 1. The number of likely N-dealkylation sites (tertiary alicyclic amines) is 1. The summed E-state index contributed by atoms with van der Waals surface area (Å²) in [6, 6.07) is 9.78. The number of carbonyl (C=O) groups is 1. The van der Waals surface area contributed by atoms with E-state index in [0.29, 0.717) is 11.6 Å². The fourth-order valence-electron chi connectivity index (χ4n) is 3.55. The van der Waals surface area contributed by atoms with Crippen LogP contribution in [0.15, 0.2) is 36.5 Å². The summed E-state index contributed by atoms with van der Waals surface area (Å²) in [4.78, 5) is 18.0. The summed E-state index contributed by atoms with van der Waals surface area (Å²) in [6.07, 6.45) is 3.89. The van der Waals surface area contributed by atoms with E-state index < -0.39 is 0 Å². The van der Waals surface area contributed by atoms with Gasteiger partial charge in [0.2, 0.25) is 0 Å². The quantitative estimate of drug-likeness (QED) is 0.799. The van der Waals surface area contributed by atoms with Gasteiger partial charge in [-0.3, -0.25) is 9.48 Å². The van der Waals surface area contributed by atoms with Crippen LogP contribution in [0, 0.1) is 0 Å². The van der Waals surface area contributed by atoms with Crippen LogP contribution in [-0.4, -0.2) is 45.8 Å². The average molecular weight is 338 g/mol. The molecule has 0 radical (unpaired) electrons. The zero-order valence-corrected chi connectivity index (χ0v) is 14.5. The molecule has 6 heteroatoms. The first-order valence-corrected chi connectivity index (χ1v) is 8.59. The van der Waals surface area contributed by atoms with Crippen molar-refractivity contribution in [3.05, 3.63) is 47.9 Å². The minimum Gasteiger partial charge on any atom is -0.497 e. The maximum atomic E-state index is 12.8. The molecular formula is C19H22N4O2. The number of ether oxygens (including phenoxy) is 1. The van der Waals surface area contributed by atoms with Crippen molar-refractivity contribution in [2.24, 2.45) is 7.05 Å². The van der Waals surface area contributed by atoms with E-state index in [-0.39, 0.29) is 5.91 Å². The number of aromatic nitrogens is 3. The van der Waals surface area contributed by atoms with Crippen LogP contribution in [0.3, 0.4) is 0 Å². The molecular weight excluding hydrogens is 316 g/mol. The normalized spacial score (nSPS) is 15.7. The predicted octanol–water partition coefficient (Wildman–Crippen LogP) is 2.93. The number of nitrogens with zero attached hydrogens (tertiary/aromatic N) is 3. The van der Waals surface area contributed by atoms with Crippen LogP contribution in [0.5, 0.6) is 5.75 Å². The maximum absolute atomic E-state index is 12.8. The fourth-order valence-corrected chi connectivity index (χ4v) is 3.55. The summed E-state index contributed by atoms with van der Waals surface area (Å²) in [5, 5.41) is 5.52. The molecule has 0 bridgehead atoms. The lowest BCUT2D eigenvalue weighted by atomic mass is 9.93. The molecule has 0 saturated carbocycles. The Morgan fingerprint density at radius 3 is 2.72 bits per heavy atom. The van der Waals surface area contributed by atoms with Gasteiger partial charge in [0.1, 0.15) is 11.4 Å². The molecule has 1 aliphatic rings. The highest BCUT2D eigenvalue weighted by molar-refractivity contribution is 5.98. The Kier molecular flexibility index (Phi) is 3.95. The molecule has 0 aliphatic carbocycles. The molecule has 6 nitrogen and oxygen atoms in total. The first-order chi connectivity index (χ1) is 12.1. The molecule has 0 atom stereocenters. The minimum absolute atomic E-state index is 0.0645. The highest BCUT2D eigenvalue weighted by Gasteiger charge is 2.26. The van der Waals surface area contributed by atoms with Crippen LogP contribution >= 0.6 is 0 Å². The number of rotatable bonds is 3. The number of methoxy groups -OCH3 is 1.